The molecule has 0 saturated carbocycles. The van der Waals surface area contributed by atoms with Crippen molar-refractivity contribution in [2.45, 2.75) is 39.5 Å². The van der Waals surface area contributed by atoms with Crippen molar-refractivity contribution >= 4 is 11.8 Å². The van der Waals surface area contributed by atoms with E-state index in [4.69, 9.17) is 0 Å². The van der Waals surface area contributed by atoms with Crippen LogP contribution in [0, 0.1) is 0 Å². The first-order chi connectivity index (χ1) is 11.0. The van der Waals surface area contributed by atoms with Crippen molar-refractivity contribution in [3.63, 3.8) is 0 Å². The highest BCUT2D eigenvalue weighted by molar-refractivity contribution is 5.72. The Kier molecular flexibility index (Phi) is 10.9. The second-order valence-electron chi connectivity index (χ2n) is 8.15. The lowest BCUT2D eigenvalue weighted by Gasteiger charge is -2.32. The van der Waals surface area contributed by atoms with Crippen LogP contribution in [0.3, 0.4) is 0 Å². The van der Waals surface area contributed by atoms with Gasteiger partial charge in [0.2, 0.25) is 11.8 Å². The Balaban J connectivity index is 3.79. The van der Waals surface area contributed by atoms with Crippen molar-refractivity contribution in [1.82, 2.24) is 10.6 Å². The van der Waals surface area contributed by atoms with Gasteiger partial charge in [-0.15, -0.1) is 0 Å². The van der Waals surface area contributed by atoms with Crippen molar-refractivity contribution in [1.29, 1.82) is 0 Å². The van der Waals surface area contributed by atoms with Crippen LogP contribution in [0.15, 0.2) is 0 Å². The van der Waals surface area contributed by atoms with Gasteiger partial charge in [-0.3, -0.25) is 9.59 Å². The first-order valence-corrected chi connectivity index (χ1v) is 9.17. The standard InChI is InChI=1S/C18H38N4O2/c1-17(23)19-11-9-15-21(3,4)13-7-8-14-22(5,6)16-10-12-20-18(2)24/h7-16H2,1-6H3/p+2. The predicted molar refractivity (Wildman–Crippen MR) is 99.5 cm³/mol. The Labute approximate surface area is 148 Å². The van der Waals surface area contributed by atoms with Gasteiger partial charge in [-0.05, 0) is 0 Å². The molecular formula is C18H40N4O2+2. The van der Waals surface area contributed by atoms with Crippen LogP contribution < -0.4 is 10.6 Å². The molecule has 0 aliphatic carbocycles. The quantitative estimate of drug-likeness (QED) is 0.386. The summed E-state index contributed by atoms with van der Waals surface area (Å²) in [6, 6.07) is 0. The number of carbonyl (C=O) groups excluding carboxylic acids is 2. The van der Waals surface area contributed by atoms with Crippen LogP contribution in [-0.2, 0) is 9.59 Å². The number of rotatable bonds is 13. The van der Waals surface area contributed by atoms with Crippen LogP contribution >= 0.6 is 0 Å². The summed E-state index contributed by atoms with van der Waals surface area (Å²) < 4.78 is 2.02. The van der Waals surface area contributed by atoms with Gasteiger partial charge in [-0.2, -0.15) is 0 Å². The van der Waals surface area contributed by atoms with E-state index in [0.29, 0.717) is 0 Å². The molecule has 0 aliphatic heterocycles. The van der Waals surface area contributed by atoms with Crippen LogP contribution in [0.5, 0.6) is 0 Å². The summed E-state index contributed by atoms with van der Waals surface area (Å²) in [6.45, 7) is 9.21. The minimum Gasteiger partial charge on any atom is -0.356 e. The molecule has 2 N–H and O–H groups in total. The summed E-state index contributed by atoms with van der Waals surface area (Å²) in [7, 11) is 9.06. The molecule has 6 heteroatoms. The molecule has 0 aromatic rings. The fourth-order valence-electron chi connectivity index (χ4n) is 2.85. The van der Waals surface area contributed by atoms with Crippen LogP contribution in [0.2, 0.25) is 0 Å². The van der Waals surface area contributed by atoms with Crippen molar-refractivity contribution in [3.05, 3.63) is 0 Å². The third kappa shape index (κ3) is 14.5. The van der Waals surface area contributed by atoms with Gasteiger partial charge < -0.3 is 19.6 Å². The Hall–Kier alpha value is -1.14. The summed E-state index contributed by atoms with van der Waals surface area (Å²) in [5, 5.41) is 5.72. The Morgan fingerprint density at radius 1 is 0.625 bits per heavy atom. The highest BCUT2D eigenvalue weighted by atomic mass is 16.2. The number of unbranched alkanes of at least 4 members (excludes halogenated alkanes) is 1. The normalized spacial score (nSPS) is 12.1. The molecule has 0 fully saturated rings. The van der Waals surface area contributed by atoms with Gasteiger partial charge in [0.15, 0.2) is 0 Å². The molecule has 0 saturated heterocycles. The second kappa shape index (κ2) is 11.4. The number of quaternary nitrogens is 2. The fourth-order valence-corrected chi connectivity index (χ4v) is 2.85. The van der Waals surface area contributed by atoms with Crippen molar-refractivity contribution in [3.8, 4) is 0 Å². The van der Waals surface area contributed by atoms with Gasteiger partial charge in [0.05, 0.1) is 54.4 Å². The second-order valence-corrected chi connectivity index (χ2v) is 8.15. The van der Waals surface area contributed by atoms with E-state index in [-0.39, 0.29) is 11.8 Å². The first-order valence-electron chi connectivity index (χ1n) is 9.17. The molecule has 0 spiro atoms. The molecule has 0 unspecified atom stereocenters. The van der Waals surface area contributed by atoms with Gasteiger partial charge in [-0.25, -0.2) is 0 Å². The lowest BCUT2D eigenvalue weighted by atomic mass is 10.2. The fraction of sp³-hybridized carbons (Fsp3) is 0.889. The Bertz CT molecular complexity index is 345. The molecule has 6 nitrogen and oxygen atoms in total. The lowest BCUT2D eigenvalue weighted by molar-refractivity contribution is -0.896. The number of carbonyl (C=O) groups is 2. The summed E-state index contributed by atoms with van der Waals surface area (Å²) in [5.74, 6) is 0.109. The minimum atomic E-state index is 0.0545. The zero-order valence-corrected chi connectivity index (χ0v) is 16.8. The van der Waals surface area contributed by atoms with Gasteiger partial charge in [0.1, 0.15) is 0 Å². The SMILES string of the molecule is CC(=O)NCCC[N+](C)(C)CCCC[N+](C)(C)CCCNC(C)=O. The van der Waals surface area contributed by atoms with Crippen molar-refractivity contribution < 1.29 is 18.6 Å². The maximum absolute atomic E-state index is 10.9. The Morgan fingerprint density at radius 3 is 1.21 bits per heavy atom. The predicted octanol–water partition coefficient (Wildman–Crippen LogP) is 0.972. The number of hydrogen-bond acceptors (Lipinski definition) is 2. The highest BCUT2D eigenvalue weighted by Gasteiger charge is 2.17. The van der Waals surface area contributed by atoms with E-state index in [9.17, 15) is 9.59 Å². The third-order valence-corrected chi connectivity index (χ3v) is 4.41. The average molecular weight is 345 g/mol. The molecule has 0 bridgehead atoms. The largest absolute Gasteiger partial charge is 0.356 e. The van der Waals surface area contributed by atoms with Gasteiger partial charge in [0, 0.05) is 52.6 Å². The van der Waals surface area contributed by atoms with E-state index in [1.807, 2.05) is 0 Å². The maximum Gasteiger partial charge on any atom is 0.216 e. The van der Waals surface area contributed by atoms with E-state index in [1.54, 1.807) is 13.8 Å². The third-order valence-electron chi connectivity index (χ3n) is 4.41. The smallest absolute Gasteiger partial charge is 0.216 e. The number of amides is 2. The zero-order valence-electron chi connectivity index (χ0n) is 16.8. The number of hydrogen-bond donors (Lipinski definition) is 2. The first kappa shape index (κ1) is 22.9. The molecule has 24 heavy (non-hydrogen) atoms. The number of nitrogens with one attached hydrogen (secondary N) is 2. The van der Waals surface area contributed by atoms with Crippen LogP contribution in [0.1, 0.15) is 39.5 Å². The molecule has 0 heterocycles. The maximum atomic E-state index is 10.9. The molecule has 0 rings (SSSR count). The van der Waals surface area contributed by atoms with Gasteiger partial charge in [0.25, 0.3) is 0 Å². The summed E-state index contributed by atoms with van der Waals surface area (Å²) in [6.07, 6.45) is 4.50. The van der Waals surface area contributed by atoms with Crippen LogP contribution in [0.4, 0.5) is 0 Å². The molecule has 0 aliphatic rings. The summed E-state index contributed by atoms with van der Waals surface area (Å²) >= 11 is 0. The van der Waals surface area contributed by atoms with E-state index in [0.717, 1.165) is 48.0 Å². The van der Waals surface area contributed by atoms with E-state index in [2.05, 4.69) is 38.8 Å². The minimum absolute atomic E-state index is 0.0545. The molecule has 2 amide bonds. The molecular weight excluding hydrogens is 304 g/mol. The molecule has 0 atom stereocenters. The number of nitrogens with zero attached hydrogens (tertiary/aromatic N) is 2. The van der Waals surface area contributed by atoms with E-state index >= 15 is 0 Å². The summed E-state index contributed by atoms with van der Waals surface area (Å²) in [5.41, 5.74) is 0. The Morgan fingerprint density at radius 2 is 0.917 bits per heavy atom. The zero-order chi connectivity index (χ0) is 18.6. The van der Waals surface area contributed by atoms with Gasteiger partial charge >= 0.3 is 0 Å². The van der Waals surface area contributed by atoms with Gasteiger partial charge in [-0.1, -0.05) is 0 Å². The average Bonchev–Trinajstić information content (AvgIpc) is 2.44. The van der Waals surface area contributed by atoms with E-state index in [1.165, 1.54) is 25.9 Å². The van der Waals surface area contributed by atoms with Crippen molar-refractivity contribution in [2.75, 3.05) is 67.5 Å². The molecule has 0 radical (unpaired) electrons. The molecule has 142 valence electrons. The van der Waals surface area contributed by atoms with Crippen LogP contribution in [-0.4, -0.2) is 88.2 Å². The lowest BCUT2D eigenvalue weighted by Crippen LogP contribution is -2.44. The molecule has 0 aromatic heterocycles. The van der Waals surface area contributed by atoms with Crippen molar-refractivity contribution in [2.24, 2.45) is 0 Å². The molecule has 0 aromatic carbocycles. The van der Waals surface area contributed by atoms with E-state index < -0.39 is 0 Å². The van der Waals surface area contributed by atoms with Crippen LogP contribution in [0.25, 0.3) is 0 Å². The highest BCUT2D eigenvalue weighted by Crippen LogP contribution is 2.07. The monoisotopic (exact) mass is 344 g/mol. The topological polar surface area (TPSA) is 58.2 Å². The summed E-state index contributed by atoms with van der Waals surface area (Å²) in [4.78, 5) is 21.7.